The van der Waals surface area contributed by atoms with Gasteiger partial charge in [-0.2, -0.15) is 0 Å². The molecule has 196 valence electrons. The van der Waals surface area contributed by atoms with E-state index in [1.807, 2.05) is 37.3 Å². The number of hydrogen-bond donors (Lipinski definition) is 0. The number of nitrogens with zero attached hydrogens (tertiary/aromatic N) is 4. The molecule has 9 nitrogen and oxygen atoms in total. The zero-order valence-corrected chi connectivity index (χ0v) is 21.6. The van der Waals surface area contributed by atoms with E-state index in [-0.39, 0.29) is 17.9 Å². The van der Waals surface area contributed by atoms with Crippen LogP contribution in [0.5, 0.6) is 17.5 Å². The molecule has 0 amide bonds. The van der Waals surface area contributed by atoms with Crippen molar-refractivity contribution in [3.63, 3.8) is 0 Å². The Labute approximate surface area is 221 Å². The lowest BCUT2D eigenvalue weighted by atomic mass is 9.93. The van der Waals surface area contributed by atoms with Crippen molar-refractivity contribution in [2.75, 3.05) is 31.2 Å². The summed E-state index contributed by atoms with van der Waals surface area (Å²) >= 11 is 6.09. The maximum atomic E-state index is 10.9. The SMILES string of the molecule is Cc1cc(OCCC2CCN(c3ccc(OCC4CCn5cc([N+](=O)[O-])nc5O4)cc3)CC2)ccc1Cl. The molecule has 3 aromatic rings. The van der Waals surface area contributed by atoms with Gasteiger partial charge >= 0.3 is 11.8 Å². The summed E-state index contributed by atoms with van der Waals surface area (Å²) in [5.74, 6) is 2.13. The molecule has 0 saturated carbocycles. The van der Waals surface area contributed by atoms with Crippen LogP contribution in [0.25, 0.3) is 0 Å². The van der Waals surface area contributed by atoms with Gasteiger partial charge in [0.2, 0.25) is 0 Å². The highest BCUT2D eigenvalue weighted by molar-refractivity contribution is 6.31. The van der Waals surface area contributed by atoms with Crippen LogP contribution in [-0.4, -0.2) is 46.9 Å². The second-order valence-electron chi connectivity index (χ2n) is 9.64. The Morgan fingerprint density at radius 1 is 1.08 bits per heavy atom. The molecule has 0 radical (unpaired) electrons. The number of benzene rings is 2. The van der Waals surface area contributed by atoms with Crippen molar-refractivity contribution in [1.82, 2.24) is 9.55 Å². The van der Waals surface area contributed by atoms with Gasteiger partial charge in [-0.05, 0) is 85.1 Å². The molecular formula is C27H31ClN4O5. The monoisotopic (exact) mass is 526 g/mol. The molecule has 0 bridgehead atoms. The molecule has 1 atom stereocenters. The predicted molar refractivity (Wildman–Crippen MR) is 141 cm³/mol. The first-order valence-corrected chi connectivity index (χ1v) is 13.1. The highest BCUT2D eigenvalue weighted by Gasteiger charge is 2.28. The first kappa shape index (κ1) is 25.2. The van der Waals surface area contributed by atoms with Crippen LogP contribution in [0.1, 0.15) is 31.2 Å². The summed E-state index contributed by atoms with van der Waals surface area (Å²) in [5, 5.41) is 11.7. The molecule has 1 saturated heterocycles. The summed E-state index contributed by atoms with van der Waals surface area (Å²) in [4.78, 5) is 16.8. The average molecular weight is 527 g/mol. The van der Waals surface area contributed by atoms with Crippen molar-refractivity contribution in [3.8, 4) is 17.5 Å². The largest absolute Gasteiger partial charge is 0.494 e. The summed E-state index contributed by atoms with van der Waals surface area (Å²) in [6, 6.07) is 14.2. The van der Waals surface area contributed by atoms with E-state index < -0.39 is 4.92 Å². The Bertz CT molecular complexity index is 1220. The molecule has 2 aliphatic rings. The first-order valence-electron chi connectivity index (χ1n) is 12.7. The Balaban J connectivity index is 1.03. The number of halogens is 1. The quantitative estimate of drug-likeness (QED) is 0.262. The molecular weight excluding hydrogens is 496 g/mol. The number of piperidine rings is 1. The van der Waals surface area contributed by atoms with Gasteiger partial charge in [0.15, 0.2) is 0 Å². The summed E-state index contributed by atoms with van der Waals surface area (Å²) in [6.07, 6.45) is 5.27. The molecule has 3 heterocycles. The standard InChI is InChI=1S/C27H31ClN4O5/c1-19-16-23(6-7-25(19)28)35-15-11-20-8-12-30(13-9-20)21-2-4-22(5-3-21)36-18-24-10-14-31-17-26(32(33)34)29-27(31)37-24/h2-7,16-17,20,24H,8-15,18H2,1H3. The number of aromatic nitrogens is 2. The van der Waals surface area contributed by atoms with E-state index in [0.717, 1.165) is 61.0 Å². The van der Waals surface area contributed by atoms with E-state index in [1.165, 1.54) is 11.9 Å². The van der Waals surface area contributed by atoms with Gasteiger partial charge in [0, 0.05) is 41.7 Å². The van der Waals surface area contributed by atoms with E-state index in [1.54, 1.807) is 4.57 Å². The molecule has 2 aliphatic heterocycles. The van der Waals surface area contributed by atoms with E-state index in [0.29, 0.717) is 25.5 Å². The minimum atomic E-state index is -0.512. The fraction of sp³-hybridized carbons (Fsp3) is 0.444. The summed E-state index contributed by atoms with van der Waals surface area (Å²) < 4.78 is 19.3. The van der Waals surface area contributed by atoms with Gasteiger partial charge in [-0.15, -0.1) is 0 Å². The van der Waals surface area contributed by atoms with Crippen molar-refractivity contribution in [3.05, 3.63) is 69.4 Å². The highest BCUT2D eigenvalue weighted by atomic mass is 35.5. The Morgan fingerprint density at radius 3 is 2.57 bits per heavy atom. The first-order chi connectivity index (χ1) is 17.9. The number of ether oxygens (including phenoxy) is 3. The van der Waals surface area contributed by atoms with E-state index in [2.05, 4.69) is 22.0 Å². The maximum absolute atomic E-state index is 10.9. The Kier molecular flexibility index (Phi) is 7.69. The third kappa shape index (κ3) is 6.28. The average Bonchev–Trinajstić information content (AvgIpc) is 3.34. The van der Waals surface area contributed by atoms with Gasteiger partial charge in [-0.3, -0.25) is 4.57 Å². The third-order valence-corrected chi connectivity index (χ3v) is 7.48. The number of fused-ring (bicyclic) bond motifs is 1. The summed E-state index contributed by atoms with van der Waals surface area (Å²) in [7, 11) is 0. The minimum absolute atomic E-state index is 0.194. The fourth-order valence-corrected chi connectivity index (χ4v) is 4.93. The van der Waals surface area contributed by atoms with Crippen molar-refractivity contribution >= 4 is 23.1 Å². The van der Waals surface area contributed by atoms with Crippen LogP contribution in [-0.2, 0) is 6.54 Å². The second kappa shape index (κ2) is 11.3. The lowest BCUT2D eigenvalue weighted by Gasteiger charge is -2.33. The van der Waals surface area contributed by atoms with Crippen LogP contribution in [0, 0.1) is 23.0 Å². The van der Waals surface area contributed by atoms with Crippen LogP contribution in [0.2, 0.25) is 5.02 Å². The summed E-state index contributed by atoms with van der Waals surface area (Å²) in [6.45, 7) is 5.75. The van der Waals surface area contributed by atoms with E-state index >= 15 is 0 Å². The molecule has 37 heavy (non-hydrogen) atoms. The number of hydrogen-bond acceptors (Lipinski definition) is 7. The molecule has 1 aromatic heterocycles. The van der Waals surface area contributed by atoms with Gasteiger partial charge in [-0.25, -0.2) is 0 Å². The molecule has 1 fully saturated rings. The van der Waals surface area contributed by atoms with Crippen molar-refractivity contribution in [1.29, 1.82) is 0 Å². The van der Waals surface area contributed by atoms with Crippen LogP contribution in [0.15, 0.2) is 48.7 Å². The van der Waals surface area contributed by atoms with E-state index in [9.17, 15) is 10.1 Å². The van der Waals surface area contributed by atoms with Gasteiger partial charge in [0.1, 0.15) is 30.4 Å². The van der Waals surface area contributed by atoms with Crippen molar-refractivity contribution < 1.29 is 19.1 Å². The predicted octanol–water partition coefficient (Wildman–Crippen LogP) is 5.67. The Morgan fingerprint density at radius 2 is 1.84 bits per heavy atom. The minimum Gasteiger partial charge on any atom is -0.494 e. The number of rotatable bonds is 9. The van der Waals surface area contributed by atoms with Gasteiger partial charge in [0.05, 0.1) is 6.61 Å². The molecule has 0 N–H and O–H groups in total. The molecule has 1 unspecified atom stereocenters. The number of imidazole rings is 1. The van der Waals surface area contributed by atoms with Crippen LogP contribution < -0.4 is 19.1 Å². The van der Waals surface area contributed by atoms with Gasteiger partial charge in [-0.1, -0.05) is 11.6 Å². The molecule has 0 aliphatic carbocycles. The third-order valence-electron chi connectivity index (χ3n) is 7.05. The zero-order valence-electron chi connectivity index (χ0n) is 20.8. The highest BCUT2D eigenvalue weighted by Crippen LogP contribution is 2.28. The van der Waals surface area contributed by atoms with Crippen molar-refractivity contribution in [2.45, 2.75) is 45.3 Å². The second-order valence-corrected chi connectivity index (χ2v) is 10.1. The molecule has 0 spiro atoms. The van der Waals surface area contributed by atoms with Crippen LogP contribution in [0.4, 0.5) is 11.5 Å². The number of aryl methyl sites for hydroxylation is 2. The zero-order chi connectivity index (χ0) is 25.8. The molecule has 2 aromatic carbocycles. The van der Waals surface area contributed by atoms with Crippen molar-refractivity contribution in [2.24, 2.45) is 5.92 Å². The molecule has 10 heteroatoms. The van der Waals surface area contributed by atoms with E-state index in [4.69, 9.17) is 25.8 Å². The topological polar surface area (TPSA) is 91.9 Å². The Hall–Kier alpha value is -3.46. The van der Waals surface area contributed by atoms with Crippen LogP contribution >= 0.6 is 11.6 Å². The summed E-state index contributed by atoms with van der Waals surface area (Å²) in [5.41, 5.74) is 2.23. The fourth-order valence-electron chi connectivity index (χ4n) is 4.81. The number of anilines is 1. The smallest absolute Gasteiger partial charge is 0.414 e. The molecule has 5 rings (SSSR count). The number of nitro groups is 1. The van der Waals surface area contributed by atoms with Gasteiger partial charge in [0.25, 0.3) is 0 Å². The maximum Gasteiger partial charge on any atom is 0.414 e. The van der Waals surface area contributed by atoms with Gasteiger partial charge < -0.3 is 29.2 Å². The lowest BCUT2D eigenvalue weighted by Crippen LogP contribution is -2.34. The normalized spacial score (nSPS) is 17.7. The van der Waals surface area contributed by atoms with Crippen LogP contribution in [0.3, 0.4) is 0 Å². The lowest BCUT2D eigenvalue weighted by molar-refractivity contribution is -0.389.